The van der Waals surface area contributed by atoms with Crippen LogP contribution < -0.4 is 5.56 Å². The Hall–Kier alpha value is -3.03. The lowest BCUT2D eigenvalue weighted by Gasteiger charge is -2.04. The molecule has 0 aliphatic carbocycles. The third-order valence-electron chi connectivity index (χ3n) is 2.44. The summed E-state index contributed by atoms with van der Waals surface area (Å²) < 4.78 is 1.06. The average Bonchev–Trinajstić information content (AvgIpc) is 2.39. The van der Waals surface area contributed by atoms with Crippen LogP contribution in [0.3, 0.4) is 0 Å². The molecule has 19 heavy (non-hydrogen) atoms. The summed E-state index contributed by atoms with van der Waals surface area (Å²) >= 11 is 0. The van der Waals surface area contributed by atoms with Crippen LogP contribution in [0.5, 0.6) is 0 Å². The van der Waals surface area contributed by atoms with E-state index in [4.69, 9.17) is 0 Å². The van der Waals surface area contributed by atoms with Gasteiger partial charge in [-0.3, -0.25) is 29.6 Å². The van der Waals surface area contributed by atoms with Crippen LogP contribution in [0.2, 0.25) is 0 Å². The molecule has 0 aliphatic rings. The number of nitro groups is 2. The zero-order valence-corrected chi connectivity index (χ0v) is 9.42. The van der Waals surface area contributed by atoms with Crippen molar-refractivity contribution in [3.8, 4) is 5.69 Å². The summed E-state index contributed by atoms with van der Waals surface area (Å²) in [6.45, 7) is 0. The summed E-state index contributed by atoms with van der Waals surface area (Å²) in [4.78, 5) is 31.6. The van der Waals surface area contributed by atoms with Crippen molar-refractivity contribution >= 4 is 11.4 Å². The fourth-order valence-corrected chi connectivity index (χ4v) is 1.52. The second kappa shape index (κ2) is 4.69. The van der Waals surface area contributed by atoms with Crippen LogP contribution in [-0.2, 0) is 0 Å². The van der Waals surface area contributed by atoms with Gasteiger partial charge in [0, 0.05) is 30.0 Å². The quantitative estimate of drug-likeness (QED) is 0.616. The molecule has 0 amide bonds. The van der Waals surface area contributed by atoms with Crippen LogP contribution in [-0.4, -0.2) is 14.4 Å². The monoisotopic (exact) mass is 261 g/mol. The predicted molar refractivity (Wildman–Crippen MR) is 65.3 cm³/mol. The summed E-state index contributed by atoms with van der Waals surface area (Å²) in [6, 6.07) is 7.32. The van der Waals surface area contributed by atoms with Crippen LogP contribution in [0, 0.1) is 20.2 Å². The highest BCUT2D eigenvalue weighted by atomic mass is 16.6. The molecule has 1 heterocycles. The molecule has 0 saturated heterocycles. The van der Waals surface area contributed by atoms with E-state index >= 15 is 0 Å². The van der Waals surface area contributed by atoms with Crippen molar-refractivity contribution in [3.63, 3.8) is 0 Å². The summed E-state index contributed by atoms with van der Waals surface area (Å²) in [5.74, 6) is 0. The number of nitrogens with zero attached hydrogens (tertiary/aromatic N) is 3. The number of aromatic nitrogens is 1. The summed E-state index contributed by atoms with van der Waals surface area (Å²) in [7, 11) is 0. The van der Waals surface area contributed by atoms with Crippen molar-refractivity contribution in [2.75, 3.05) is 0 Å². The smallest absolute Gasteiger partial charge is 0.277 e. The Morgan fingerprint density at radius 2 is 1.37 bits per heavy atom. The first-order chi connectivity index (χ1) is 8.99. The number of nitro benzene ring substituents is 1. The first-order valence-corrected chi connectivity index (χ1v) is 5.11. The largest absolute Gasteiger partial charge is 0.286 e. The Morgan fingerprint density at radius 1 is 0.842 bits per heavy atom. The van der Waals surface area contributed by atoms with Gasteiger partial charge < -0.3 is 0 Å². The van der Waals surface area contributed by atoms with E-state index < -0.39 is 15.4 Å². The minimum absolute atomic E-state index is 0.123. The molecule has 2 rings (SSSR count). The van der Waals surface area contributed by atoms with Gasteiger partial charge >= 0.3 is 0 Å². The fraction of sp³-hybridized carbons (Fsp3) is 0. The zero-order valence-electron chi connectivity index (χ0n) is 9.42. The molecule has 96 valence electrons. The molecule has 0 aliphatic heterocycles. The summed E-state index contributed by atoms with van der Waals surface area (Å²) in [5, 5.41) is 21.1. The van der Waals surface area contributed by atoms with Gasteiger partial charge in [0.15, 0.2) is 0 Å². The van der Waals surface area contributed by atoms with Crippen molar-refractivity contribution in [3.05, 3.63) is 73.2 Å². The number of pyridine rings is 1. The highest BCUT2D eigenvalue weighted by Gasteiger charge is 2.10. The van der Waals surface area contributed by atoms with Gasteiger partial charge in [-0.1, -0.05) is 0 Å². The molecule has 8 nitrogen and oxygen atoms in total. The minimum atomic E-state index is -0.624. The third-order valence-corrected chi connectivity index (χ3v) is 2.44. The maximum Gasteiger partial charge on any atom is 0.286 e. The van der Waals surface area contributed by atoms with E-state index in [1.54, 1.807) is 0 Å². The van der Waals surface area contributed by atoms with E-state index in [1.165, 1.54) is 24.3 Å². The van der Waals surface area contributed by atoms with Crippen LogP contribution in [0.4, 0.5) is 11.4 Å². The normalized spacial score (nSPS) is 10.1. The van der Waals surface area contributed by atoms with Gasteiger partial charge in [0.25, 0.3) is 16.9 Å². The Kier molecular flexibility index (Phi) is 3.06. The predicted octanol–water partition coefficient (Wildman–Crippen LogP) is 1.65. The van der Waals surface area contributed by atoms with Gasteiger partial charge in [0.05, 0.1) is 16.0 Å². The lowest BCUT2D eigenvalue weighted by atomic mass is 10.2. The van der Waals surface area contributed by atoms with E-state index in [2.05, 4.69) is 0 Å². The maximum atomic E-state index is 11.6. The van der Waals surface area contributed by atoms with Crippen LogP contribution in [0.1, 0.15) is 0 Å². The molecule has 0 unspecified atom stereocenters. The molecule has 2 aromatic rings. The molecule has 0 atom stereocenters. The highest BCUT2D eigenvalue weighted by molar-refractivity contribution is 5.42. The second-order valence-corrected chi connectivity index (χ2v) is 3.63. The number of non-ortho nitro benzene ring substituents is 1. The Bertz CT molecular complexity index is 705. The van der Waals surface area contributed by atoms with Crippen LogP contribution in [0.15, 0.2) is 47.4 Å². The summed E-state index contributed by atoms with van der Waals surface area (Å²) in [6.07, 6.45) is 1.07. The summed E-state index contributed by atoms with van der Waals surface area (Å²) in [5.41, 5.74) is -0.501. The molecular formula is C11H7N3O5. The van der Waals surface area contributed by atoms with Gasteiger partial charge in [-0.25, -0.2) is 0 Å². The van der Waals surface area contributed by atoms with Gasteiger partial charge in [-0.05, 0) is 12.1 Å². The Balaban J connectivity index is 2.52. The van der Waals surface area contributed by atoms with Gasteiger partial charge in [0.2, 0.25) is 0 Å². The molecule has 0 radical (unpaired) electrons. The Labute approximate surface area is 105 Å². The van der Waals surface area contributed by atoms with E-state index in [1.807, 2.05) is 0 Å². The van der Waals surface area contributed by atoms with E-state index in [9.17, 15) is 25.0 Å². The number of rotatable bonds is 3. The van der Waals surface area contributed by atoms with Gasteiger partial charge in [0.1, 0.15) is 0 Å². The van der Waals surface area contributed by atoms with E-state index in [-0.39, 0.29) is 11.4 Å². The molecule has 8 heteroatoms. The van der Waals surface area contributed by atoms with Crippen molar-refractivity contribution < 1.29 is 9.85 Å². The first-order valence-electron chi connectivity index (χ1n) is 5.11. The van der Waals surface area contributed by atoms with Crippen molar-refractivity contribution in [1.82, 2.24) is 4.57 Å². The molecule has 0 N–H and O–H groups in total. The Morgan fingerprint density at radius 3 is 1.89 bits per heavy atom. The molecule has 1 aromatic heterocycles. The highest BCUT2D eigenvalue weighted by Crippen LogP contribution is 2.16. The molecular weight excluding hydrogens is 254 g/mol. The van der Waals surface area contributed by atoms with Crippen LogP contribution in [0.25, 0.3) is 5.69 Å². The first kappa shape index (κ1) is 12.4. The fourth-order valence-electron chi connectivity index (χ4n) is 1.52. The topological polar surface area (TPSA) is 108 Å². The maximum absolute atomic E-state index is 11.6. The van der Waals surface area contributed by atoms with Crippen molar-refractivity contribution in [1.29, 1.82) is 0 Å². The lowest BCUT2D eigenvalue weighted by Crippen LogP contribution is -2.16. The molecule has 0 saturated carbocycles. The lowest BCUT2D eigenvalue weighted by molar-refractivity contribution is -0.385. The SMILES string of the molecule is O=c1ccc([N+](=O)[O-])cn1-c1ccc([N+](=O)[O-])cc1. The van der Waals surface area contributed by atoms with Crippen molar-refractivity contribution in [2.45, 2.75) is 0 Å². The van der Waals surface area contributed by atoms with E-state index in [0.717, 1.165) is 22.9 Å². The molecule has 0 bridgehead atoms. The minimum Gasteiger partial charge on any atom is -0.277 e. The molecule has 1 aromatic carbocycles. The van der Waals surface area contributed by atoms with Gasteiger partial charge in [-0.15, -0.1) is 0 Å². The van der Waals surface area contributed by atoms with Crippen LogP contribution >= 0.6 is 0 Å². The number of benzene rings is 1. The number of hydrogen-bond acceptors (Lipinski definition) is 5. The molecule has 0 spiro atoms. The molecule has 0 fully saturated rings. The third kappa shape index (κ3) is 2.46. The standard InChI is InChI=1S/C11H7N3O5/c15-11-6-5-10(14(18)19)7-12(11)8-1-3-9(4-2-8)13(16)17/h1-7H. The van der Waals surface area contributed by atoms with Gasteiger partial charge in [-0.2, -0.15) is 0 Å². The van der Waals surface area contributed by atoms with E-state index in [0.29, 0.717) is 5.69 Å². The zero-order chi connectivity index (χ0) is 14.0. The number of hydrogen-bond donors (Lipinski definition) is 0. The second-order valence-electron chi connectivity index (χ2n) is 3.63. The average molecular weight is 261 g/mol. The van der Waals surface area contributed by atoms with Crippen molar-refractivity contribution in [2.24, 2.45) is 0 Å².